The van der Waals surface area contributed by atoms with E-state index in [2.05, 4.69) is 0 Å². The Bertz CT molecular complexity index is 464. The number of phenolic OH excluding ortho intramolecular Hbond substituents is 1. The maximum Gasteiger partial charge on any atom is 0.257 e. The Hall–Kier alpha value is -1.42. The van der Waals surface area contributed by atoms with Gasteiger partial charge in [-0.2, -0.15) is 0 Å². The van der Waals surface area contributed by atoms with E-state index in [1.165, 1.54) is 13.2 Å². The molecule has 1 saturated heterocycles. The largest absolute Gasteiger partial charge is 0.507 e. The van der Waals surface area contributed by atoms with E-state index in [9.17, 15) is 9.90 Å². The zero-order valence-electron chi connectivity index (χ0n) is 10.9. The number of benzene rings is 1. The van der Waals surface area contributed by atoms with Gasteiger partial charge in [0.15, 0.2) is 0 Å². The second-order valence-corrected chi connectivity index (χ2v) is 5.14. The molecule has 0 spiro atoms. The van der Waals surface area contributed by atoms with Gasteiger partial charge in [-0.1, -0.05) is 0 Å². The van der Waals surface area contributed by atoms with E-state index in [0.717, 1.165) is 25.9 Å². The highest BCUT2D eigenvalue weighted by molar-refractivity contribution is 6.17. The highest BCUT2D eigenvalue weighted by Gasteiger charge is 2.27. The minimum atomic E-state index is -0.128. The summed E-state index contributed by atoms with van der Waals surface area (Å²) in [4.78, 5) is 14.1. The number of alkyl halides is 1. The number of nitrogens with zero attached hydrogens (tertiary/aromatic N) is 1. The van der Waals surface area contributed by atoms with Crippen LogP contribution >= 0.6 is 11.6 Å². The van der Waals surface area contributed by atoms with E-state index in [-0.39, 0.29) is 11.7 Å². The third-order valence-electron chi connectivity index (χ3n) is 3.53. The molecule has 1 aromatic carbocycles. The summed E-state index contributed by atoms with van der Waals surface area (Å²) in [6.45, 7) is 1.45. The minimum Gasteiger partial charge on any atom is -0.507 e. The van der Waals surface area contributed by atoms with Crippen molar-refractivity contribution in [3.8, 4) is 11.5 Å². The van der Waals surface area contributed by atoms with Crippen LogP contribution in [-0.4, -0.2) is 42.0 Å². The van der Waals surface area contributed by atoms with Crippen LogP contribution in [0.5, 0.6) is 11.5 Å². The lowest BCUT2D eigenvalue weighted by atomic mass is 10.1. The zero-order chi connectivity index (χ0) is 13.8. The molecule has 5 heteroatoms. The van der Waals surface area contributed by atoms with Gasteiger partial charge >= 0.3 is 0 Å². The van der Waals surface area contributed by atoms with E-state index >= 15 is 0 Å². The topological polar surface area (TPSA) is 49.8 Å². The Morgan fingerprint density at radius 3 is 3.00 bits per heavy atom. The number of carbonyl (C=O) groups is 1. The number of amides is 1. The predicted octanol–water partition coefficient (Wildman–Crippen LogP) is 2.49. The molecular weight excluding hydrogens is 266 g/mol. The van der Waals surface area contributed by atoms with Crippen molar-refractivity contribution in [1.82, 2.24) is 4.90 Å². The first-order valence-electron chi connectivity index (χ1n) is 6.38. The third-order valence-corrected chi connectivity index (χ3v) is 3.74. The van der Waals surface area contributed by atoms with Gasteiger partial charge in [-0.3, -0.25) is 4.79 Å². The SMILES string of the molecule is COc1ccc(C(=O)N2CCC(CCCl)C2)c(O)c1. The summed E-state index contributed by atoms with van der Waals surface area (Å²) in [6, 6.07) is 4.74. The van der Waals surface area contributed by atoms with Crippen molar-refractivity contribution in [2.45, 2.75) is 12.8 Å². The average Bonchev–Trinajstić information content (AvgIpc) is 2.87. The lowest BCUT2D eigenvalue weighted by Crippen LogP contribution is -2.28. The maximum absolute atomic E-state index is 12.3. The molecule has 0 saturated carbocycles. The van der Waals surface area contributed by atoms with E-state index in [1.807, 2.05) is 0 Å². The second kappa shape index (κ2) is 6.15. The smallest absolute Gasteiger partial charge is 0.257 e. The van der Waals surface area contributed by atoms with Crippen LogP contribution < -0.4 is 4.74 Å². The number of halogens is 1. The number of phenols is 1. The number of ether oxygens (including phenoxy) is 1. The molecule has 1 aliphatic rings. The summed E-state index contributed by atoms with van der Waals surface area (Å²) in [6.07, 6.45) is 1.91. The molecule has 1 N–H and O–H groups in total. The highest BCUT2D eigenvalue weighted by atomic mass is 35.5. The molecule has 1 aliphatic heterocycles. The first-order valence-corrected chi connectivity index (χ1v) is 6.91. The van der Waals surface area contributed by atoms with Crippen LogP contribution in [0.1, 0.15) is 23.2 Å². The molecule has 1 unspecified atom stereocenters. The molecule has 4 nitrogen and oxygen atoms in total. The van der Waals surface area contributed by atoms with Crippen LogP contribution in [-0.2, 0) is 0 Å². The van der Waals surface area contributed by atoms with E-state index < -0.39 is 0 Å². The van der Waals surface area contributed by atoms with Crippen LogP contribution in [0, 0.1) is 5.92 Å². The number of likely N-dealkylation sites (tertiary alicyclic amines) is 1. The number of hydrogen-bond donors (Lipinski definition) is 1. The molecule has 1 amide bonds. The maximum atomic E-state index is 12.3. The van der Waals surface area contributed by atoms with Crippen LogP contribution in [0.3, 0.4) is 0 Å². The molecule has 0 aliphatic carbocycles. The van der Waals surface area contributed by atoms with Crippen LogP contribution in [0.2, 0.25) is 0 Å². The van der Waals surface area contributed by atoms with Crippen molar-refractivity contribution >= 4 is 17.5 Å². The van der Waals surface area contributed by atoms with Crippen LogP contribution in [0.4, 0.5) is 0 Å². The van der Waals surface area contributed by atoms with Gasteiger partial charge in [0.25, 0.3) is 5.91 Å². The second-order valence-electron chi connectivity index (χ2n) is 4.77. The van der Waals surface area contributed by atoms with Gasteiger partial charge in [-0.15, -0.1) is 11.6 Å². The number of carbonyl (C=O) groups excluding carboxylic acids is 1. The van der Waals surface area contributed by atoms with Crippen molar-refractivity contribution in [3.63, 3.8) is 0 Å². The molecule has 0 radical (unpaired) electrons. The fourth-order valence-electron chi connectivity index (χ4n) is 2.40. The van der Waals surface area contributed by atoms with Crippen molar-refractivity contribution < 1.29 is 14.6 Å². The van der Waals surface area contributed by atoms with E-state index in [1.54, 1.807) is 17.0 Å². The molecule has 1 heterocycles. The van der Waals surface area contributed by atoms with Gasteiger partial charge in [0.1, 0.15) is 11.5 Å². The van der Waals surface area contributed by atoms with Crippen molar-refractivity contribution in [2.75, 3.05) is 26.1 Å². The molecule has 1 atom stereocenters. The van der Waals surface area contributed by atoms with Gasteiger partial charge in [0.2, 0.25) is 0 Å². The number of hydrogen-bond acceptors (Lipinski definition) is 3. The molecule has 2 rings (SSSR count). The average molecular weight is 284 g/mol. The fraction of sp³-hybridized carbons (Fsp3) is 0.500. The van der Waals surface area contributed by atoms with Gasteiger partial charge in [-0.25, -0.2) is 0 Å². The molecule has 19 heavy (non-hydrogen) atoms. The summed E-state index contributed by atoms with van der Waals surface area (Å²) in [5.74, 6) is 1.47. The first kappa shape index (κ1) is 14.0. The van der Waals surface area contributed by atoms with Crippen molar-refractivity contribution in [1.29, 1.82) is 0 Å². The summed E-state index contributed by atoms with van der Waals surface area (Å²) >= 11 is 5.73. The Labute approximate surface area is 117 Å². The Balaban J connectivity index is 2.08. The van der Waals surface area contributed by atoms with Gasteiger partial charge < -0.3 is 14.7 Å². The number of rotatable bonds is 4. The lowest BCUT2D eigenvalue weighted by molar-refractivity contribution is 0.0784. The summed E-state index contributed by atoms with van der Waals surface area (Å²) in [7, 11) is 1.52. The van der Waals surface area contributed by atoms with Gasteiger partial charge in [-0.05, 0) is 30.9 Å². The van der Waals surface area contributed by atoms with Gasteiger partial charge in [0.05, 0.1) is 12.7 Å². The molecule has 0 bridgehead atoms. The minimum absolute atomic E-state index is 0.0369. The van der Waals surface area contributed by atoms with E-state index in [0.29, 0.717) is 23.1 Å². The molecule has 104 valence electrons. The third kappa shape index (κ3) is 3.13. The first-order chi connectivity index (χ1) is 9.15. The summed E-state index contributed by atoms with van der Waals surface area (Å²) in [5, 5.41) is 9.87. The van der Waals surface area contributed by atoms with Crippen LogP contribution in [0.15, 0.2) is 18.2 Å². The summed E-state index contributed by atoms with van der Waals surface area (Å²) < 4.78 is 5.00. The monoisotopic (exact) mass is 283 g/mol. The number of aromatic hydroxyl groups is 1. The molecule has 1 fully saturated rings. The Morgan fingerprint density at radius 1 is 1.58 bits per heavy atom. The lowest BCUT2D eigenvalue weighted by Gasteiger charge is -2.17. The quantitative estimate of drug-likeness (QED) is 0.864. The standard InChI is InChI=1S/C14H18ClNO3/c1-19-11-2-3-12(13(17)8-11)14(18)16-7-5-10(9-16)4-6-15/h2-3,8,10,17H,4-7,9H2,1H3. The van der Waals surface area contributed by atoms with Crippen LogP contribution in [0.25, 0.3) is 0 Å². The Morgan fingerprint density at radius 2 is 2.37 bits per heavy atom. The number of methoxy groups -OCH3 is 1. The fourth-order valence-corrected chi connectivity index (χ4v) is 2.71. The zero-order valence-corrected chi connectivity index (χ0v) is 11.7. The van der Waals surface area contributed by atoms with Crippen molar-refractivity contribution in [3.05, 3.63) is 23.8 Å². The predicted molar refractivity (Wildman–Crippen MR) is 74.0 cm³/mol. The molecule has 1 aromatic rings. The van der Waals surface area contributed by atoms with Crippen molar-refractivity contribution in [2.24, 2.45) is 5.92 Å². The molecular formula is C14H18ClNO3. The normalized spacial score (nSPS) is 18.6. The Kier molecular flexibility index (Phi) is 4.53. The van der Waals surface area contributed by atoms with E-state index in [4.69, 9.17) is 16.3 Å². The van der Waals surface area contributed by atoms with Gasteiger partial charge in [0, 0.05) is 25.0 Å². The molecule has 0 aromatic heterocycles. The summed E-state index contributed by atoms with van der Waals surface area (Å²) in [5.41, 5.74) is 0.326. The highest BCUT2D eigenvalue weighted by Crippen LogP contribution is 2.27.